The molecule has 0 aliphatic carbocycles. The second-order valence-electron chi connectivity index (χ2n) is 7.82. The number of rotatable bonds is 8. The molecule has 0 amide bonds. The van der Waals surface area contributed by atoms with Gasteiger partial charge in [-0.25, -0.2) is 0 Å². The number of hydrogen-bond acceptors (Lipinski definition) is 8. The van der Waals surface area contributed by atoms with E-state index in [2.05, 4.69) is 33.4 Å². The van der Waals surface area contributed by atoms with Crippen LogP contribution in [0.2, 0.25) is 0 Å². The monoisotopic (exact) mass is 372 g/mol. The lowest BCUT2D eigenvalue weighted by Crippen LogP contribution is -2.50. The first-order valence-electron chi connectivity index (χ1n) is 10.2. The van der Waals surface area contributed by atoms with E-state index in [0.29, 0.717) is 13.1 Å². The first-order chi connectivity index (χ1) is 12.4. The minimum atomic E-state index is 0.190. The third-order valence-corrected chi connectivity index (χ3v) is 4.91. The van der Waals surface area contributed by atoms with E-state index in [1.807, 2.05) is 0 Å². The van der Waals surface area contributed by atoms with E-state index in [4.69, 9.17) is 22.9 Å². The van der Waals surface area contributed by atoms with E-state index in [1.165, 1.54) is 0 Å². The minimum absolute atomic E-state index is 0.190. The fourth-order valence-electron chi connectivity index (χ4n) is 3.57. The van der Waals surface area contributed by atoms with Gasteiger partial charge >= 0.3 is 0 Å². The molecule has 1 heterocycles. The summed E-state index contributed by atoms with van der Waals surface area (Å²) < 4.78 is 0. The summed E-state index contributed by atoms with van der Waals surface area (Å²) in [6.45, 7) is 17.6. The van der Waals surface area contributed by atoms with Crippen LogP contribution in [0.15, 0.2) is 0 Å². The maximum Gasteiger partial charge on any atom is 0.0139 e. The van der Waals surface area contributed by atoms with Crippen LogP contribution in [0.25, 0.3) is 0 Å². The molecule has 156 valence electrons. The highest BCUT2D eigenvalue weighted by atomic mass is 15.3. The first-order valence-corrected chi connectivity index (χ1v) is 10.2. The van der Waals surface area contributed by atoms with Crippen molar-refractivity contribution in [3.8, 4) is 0 Å². The molecule has 26 heavy (non-hydrogen) atoms. The quantitative estimate of drug-likeness (QED) is 0.380. The van der Waals surface area contributed by atoms with E-state index >= 15 is 0 Å². The van der Waals surface area contributed by atoms with Gasteiger partial charge < -0.3 is 22.9 Å². The molecule has 1 aliphatic rings. The smallest absolute Gasteiger partial charge is 0.0139 e. The van der Waals surface area contributed by atoms with Gasteiger partial charge in [-0.05, 0) is 13.8 Å². The Balaban J connectivity index is 2.76. The van der Waals surface area contributed by atoms with Gasteiger partial charge in [0.05, 0.1) is 0 Å². The molecule has 1 saturated heterocycles. The normalized spacial score (nSPS) is 23.3. The average Bonchev–Trinajstić information content (AvgIpc) is 2.56. The topological polar surface area (TPSA) is 117 Å². The summed E-state index contributed by atoms with van der Waals surface area (Å²) in [7, 11) is 0. The second kappa shape index (κ2) is 13.8. The average molecular weight is 373 g/mol. The Kier molecular flexibility index (Phi) is 12.6. The molecule has 2 atom stereocenters. The molecule has 0 spiro atoms. The zero-order valence-electron chi connectivity index (χ0n) is 17.2. The lowest BCUT2D eigenvalue weighted by Gasteiger charge is -2.35. The Labute approximate surface area is 160 Å². The third-order valence-electron chi connectivity index (χ3n) is 4.91. The van der Waals surface area contributed by atoms with Crippen molar-refractivity contribution in [3.05, 3.63) is 0 Å². The number of hydrogen-bond donors (Lipinski definition) is 4. The molecule has 8 heteroatoms. The molecule has 0 unspecified atom stereocenters. The molecule has 0 aromatic rings. The molecule has 0 aromatic heterocycles. The van der Waals surface area contributed by atoms with Crippen LogP contribution in [0.5, 0.6) is 0 Å². The number of nitrogens with two attached hydrogens (primary N) is 4. The Hall–Kier alpha value is -0.320. The van der Waals surface area contributed by atoms with Gasteiger partial charge in [-0.3, -0.25) is 19.6 Å². The summed E-state index contributed by atoms with van der Waals surface area (Å²) in [5.74, 6) is 0. The van der Waals surface area contributed by atoms with E-state index in [0.717, 1.165) is 78.5 Å². The standard InChI is InChI=1S/C18H44N8/c1-17(21)15-25-11-7-23(5-3-19)9-13-26(16-18(2)22)14-10-24(6-4-20)8-12-25/h17-18H,3-16,19-22H2,1-2H3/t17-,18-/m1/s1. The van der Waals surface area contributed by atoms with Gasteiger partial charge in [0.1, 0.15) is 0 Å². The van der Waals surface area contributed by atoms with Gasteiger partial charge in [0.25, 0.3) is 0 Å². The van der Waals surface area contributed by atoms with Crippen molar-refractivity contribution >= 4 is 0 Å². The maximum absolute atomic E-state index is 6.06. The Morgan fingerprint density at radius 3 is 1.08 bits per heavy atom. The largest absolute Gasteiger partial charge is 0.329 e. The van der Waals surface area contributed by atoms with E-state index in [9.17, 15) is 0 Å². The molecule has 1 aliphatic heterocycles. The molecule has 0 aromatic carbocycles. The van der Waals surface area contributed by atoms with Gasteiger partial charge in [0.15, 0.2) is 0 Å². The van der Waals surface area contributed by atoms with Crippen molar-refractivity contribution in [1.29, 1.82) is 0 Å². The van der Waals surface area contributed by atoms with Gasteiger partial charge in [-0.1, -0.05) is 0 Å². The molecule has 0 saturated carbocycles. The van der Waals surface area contributed by atoms with Crippen molar-refractivity contribution < 1.29 is 0 Å². The van der Waals surface area contributed by atoms with E-state index < -0.39 is 0 Å². The second-order valence-corrected chi connectivity index (χ2v) is 7.82. The summed E-state index contributed by atoms with van der Waals surface area (Å²) >= 11 is 0. The zero-order chi connectivity index (χ0) is 19.4. The van der Waals surface area contributed by atoms with Crippen LogP contribution in [-0.4, -0.2) is 123 Å². The van der Waals surface area contributed by atoms with Crippen LogP contribution < -0.4 is 22.9 Å². The lowest BCUT2D eigenvalue weighted by atomic mass is 10.2. The first kappa shape index (κ1) is 23.7. The van der Waals surface area contributed by atoms with Crippen LogP contribution in [-0.2, 0) is 0 Å². The predicted octanol–water partition coefficient (Wildman–Crippen LogP) is -2.18. The van der Waals surface area contributed by atoms with Crippen LogP contribution in [0.4, 0.5) is 0 Å². The molecule has 0 radical (unpaired) electrons. The molecule has 8 nitrogen and oxygen atoms in total. The molecular formula is C18H44N8. The zero-order valence-corrected chi connectivity index (χ0v) is 17.2. The fraction of sp³-hybridized carbons (Fsp3) is 1.00. The third kappa shape index (κ3) is 10.7. The van der Waals surface area contributed by atoms with Crippen molar-refractivity contribution in [2.75, 3.05) is 91.6 Å². The summed E-state index contributed by atoms with van der Waals surface area (Å²) in [4.78, 5) is 9.92. The fourth-order valence-corrected chi connectivity index (χ4v) is 3.57. The summed E-state index contributed by atoms with van der Waals surface area (Å²) in [5, 5.41) is 0. The molecule has 0 bridgehead atoms. The van der Waals surface area contributed by atoms with Crippen LogP contribution in [0.1, 0.15) is 13.8 Å². The van der Waals surface area contributed by atoms with Crippen molar-refractivity contribution in [2.45, 2.75) is 25.9 Å². The van der Waals surface area contributed by atoms with Gasteiger partial charge in [-0.2, -0.15) is 0 Å². The van der Waals surface area contributed by atoms with Crippen LogP contribution in [0.3, 0.4) is 0 Å². The van der Waals surface area contributed by atoms with Crippen LogP contribution in [0, 0.1) is 0 Å². The molecule has 1 fully saturated rings. The molecular weight excluding hydrogens is 328 g/mol. The minimum Gasteiger partial charge on any atom is -0.329 e. The Bertz CT molecular complexity index is 291. The van der Waals surface area contributed by atoms with Crippen molar-refractivity contribution in [3.63, 3.8) is 0 Å². The Morgan fingerprint density at radius 2 is 0.846 bits per heavy atom. The van der Waals surface area contributed by atoms with Gasteiger partial charge in [0, 0.05) is 104 Å². The number of nitrogens with zero attached hydrogens (tertiary/aromatic N) is 4. The van der Waals surface area contributed by atoms with Crippen LogP contribution >= 0.6 is 0 Å². The SMILES string of the molecule is C[C@@H](N)CN1CCN(CCN)CCN(C[C@@H](C)N)CCN(CCN)CC1. The summed E-state index contributed by atoms with van der Waals surface area (Å²) in [6, 6.07) is 0.380. The summed E-state index contributed by atoms with van der Waals surface area (Å²) in [5.41, 5.74) is 23.8. The highest BCUT2D eigenvalue weighted by Crippen LogP contribution is 2.01. The van der Waals surface area contributed by atoms with E-state index in [-0.39, 0.29) is 12.1 Å². The van der Waals surface area contributed by atoms with Gasteiger partial charge in [-0.15, -0.1) is 0 Å². The van der Waals surface area contributed by atoms with Crippen molar-refractivity contribution in [2.24, 2.45) is 22.9 Å². The highest BCUT2D eigenvalue weighted by Gasteiger charge is 2.17. The lowest BCUT2D eigenvalue weighted by molar-refractivity contribution is 0.131. The highest BCUT2D eigenvalue weighted by molar-refractivity contribution is 4.75. The molecule has 8 N–H and O–H groups in total. The predicted molar refractivity (Wildman–Crippen MR) is 111 cm³/mol. The maximum atomic E-state index is 6.06. The van der Waals surface area contributed by atoms with E-state index in [1.54, 1.807) is 0 Å². The summed E-state index contributed by atoms with van der Waals surface area (Å²) in [6.07, 6.45) is 0. The molecule has 1 rings (SSSR count). The van der Waals surface area contributed by atoms with Crippen molar-refractivity contribution in [1.82, 2.24) is 19.6 Å². The van der Waals surface area contributed by atoms with Gasteiger partial charge in [0.2, 0.25) is 0 Å². The Morgan fingerprint density at radius 1 is 0.577 bits per heavy atom.